The minimum atomic E-state index is 0.243. The highest BCUT2D eigenvalue weighted by molar-refractivity contribution is 5.78. The molecule has 0 bridgehead atoms. The zero-order valence-electron chi connectivity index (χ0n) is 17.2. The van der Waals surface area contributed by atoms with Crippen LogP contribution >= 0.6 is 0 Å². The van der Waals surface area contributed by atoms with Crippen LogP contribution in [0.25, 0.3) is 11.4 Å². The van der Waals surface area contributed by atoms with Crippen molar-refractivity contribution >= 4 is 17.7 Å². The van der Waals surface area contributed by atoms with Crippen LogP contribution in [0.4, 0.5) is 11.8 Å². The molecule has 2 saturated heterocycles. The Morgan fingerprint density at radius 3 is 2.73 bits per heavy atom. The molecule has 30 heavy (non-hydrogen) atoms. The normalized spacial score (nSPS) is 16.8. The highest BCUT2D eigenvalue weighted by Gasteiger charge is 2.19. The first kappa shape index (κ1) is 20.3. The summed E-state index contributed by atoms with van der Waals surface area (Å²) in [5.41, 5.74) is 0.790. The standard InChI is InChI=1S/C20H27N7O3/c1-29-20-24-18(15-5-6-16(22-14-15)26-10-12-30-13-11-26)23-19(25-20)21-7-3-9-27-8-2-4-17(27)28/h5-6,14H,2-4,7-13H2,1H3,(H,21,23,24,25). The third-order valence-electron chi connectivity index (χ3n) is 5.20. The topological polar surface area (TPSA) is 106 Å². The summed E-state index contributed by atoms with van der Waals surface area (Å²) in [6, 6.07) is 4.17. The van der Waals surface area contributed by atoms with Crippen molar-refractivity contribution in [2.75, 3.05) is 63.3 Å². The fourth-order valence-electron chi connectivity index (χ4n) is 3.56. The number of pyridine rings is 1. The molecule has 0 radical (unpaired) electrons. The highest BCUT2D eigenvalue weighted by Crippen LogP contribution is 2.21. The summed E-state index contributed by atoms with van der Waals surface area (Å²) in [4.78, 5) is 33.5. The van der Waals surface area contributed by atoms with Crippen molar-refractivity contribution in [3.8, 4) is 17.4 Å². The minimum absolute atomic E-state index is 0.243. The number of amides is 1. The van der Waals surface area contributed by atoms with E-state index >= 15 is 0 Å². The Morgan fingerprint density at radius 1 is 1.17 bits per heavy atom. The quantitative estimate of drug-likeness (QED) is 0.639. The smallest absolute Gasteiger partial charge is 0.321 e. The summed E-state index contributed by atoms with van der Waals surface area (Å²) in [6.45, 7) is 5.37. The third-order valence-corrected chi connectivity index (χ3v) is 5.20. The summed E-state index contributed by atoms with van der Waals surface area (Å²) >= 11 is 0. The Labute approximate surface area is 175 Å². The molecule has 2 fully saturated rings. The number of hydrogen-bond donors (Lipinski definition) is 1. The molecule has 0 aromatic carbocycles. The first-order valence-electron chi connectivity index (χ1n) is 10.3. The molecule has 2 aromatic heterocycles. The molecule has 10 heteroatoms. The number of carbonyl (C=O) groups is 1. The van der Waals surface area contributed by atoms with Crippen LogP contribution in [-0.4, -0.2) is 83.8 Å². The number of methoxy groups -OCH3 is 1. The molecular weight excluding hydrogens is 386 g/mol. The Bertz CT molecular complexity index is 856. The number of hydrogen-bond acceptors (Lipinski definition) is 9. The highest BCUT2D eigenvalue weighted by atomic mass is 16.5. The van der Waals surface area contributed by atoms with Gasteiger partial charge in [0.25, 0.3) is 0 Å². The van der Waals surface area contributed by atoms with Crippen molar-refractivity contribution in [1.82, 2.24) is 24.8 Å². The van der Waals surface area contributed by atoms with Crippen molar-refractivity contribution in [2.24, 2.45) is 0 Å². The molecule has 4 rings (SSSR count). The Kier molecular flexibility index (Phi) is 6.53. The molecule has 0 unspecified atom stereocenters. The number of aromatic nitrogens is 4. The van der Waals surface area contributed by atoms with Crippen LogP contribution in [0.1, 0.15) is 19.3 Å². The summed E-state index contributed by atoms with van der Waals surface area (Å²) in [6.07, 6.45) is 4.21. The van der Waals surface area contributed by atoms with Crippen LogP contribution in [0.3, 0.4) is 0 Å². The van der Waals surface area contributed by atoms with Crippen LogP contribution in [0.5, 0.6) is 6.01 Å². The van der Waals surface area contributed by atoms with Gasteiger partial charge in [-0.2, -0.15) is 15.0 Å². The molecule has 2 aromatic rings. The van der Waals surface area contributed by atoms with Crippen LogP contribution in [0.2, 0.25) is 0 Å². The van der Waals surface area contributed by atoms with Gasteiger partial charge in [-0.05, 0) is 25.0 Å². The maximum atomic E-state index is 11.7. The van der Waals surface area contributed by atoms with E-state index in [0.717, 1.165) is 63.6 Å². The first-order chi connectivity index (χ1) is 14.7. The van der Waals surface area contributed by atoms with Gasteiger partial charge < -0.3 is 24.6 Å². The van der Waals surface area contributed by atoms with Gasteiger partial charge >= 0.3 is 6.01 Å². The van der Waals surface area contributed by atoms with E-state index in [4.69, 9.17) is 9.47 Å². The van der Waals surface area contributed by atoms with Gasteiger partial charge in [0.2, 0.25) is 11.9 Å². The van der Waals surface area contributed by atoms with Gasteiger partial charge in [-0.15, -0.1) is 0 Å². The van der Waals surface area contributed by atoms with Gasteiger partial charge in [0.1, 0.15) is 5.82 Å². The van der Waals surface area contributed by atoms with E-state index in [2.05, 4.69) is 30.2 Å². The maximum Gasteiger partial charge on any atom is 0.321 e. The molecule has 0 spiro atoms. The third kappa shape index (κ3) is 4.93. The van der Waals surface area contributed by atoms with Crippen LogP contribution in [0, 0.1) is 0 Å². The molecule has 160 valence electrons. The van der Waals surface area contributed by atoms with E-state index in [1.165, 1.54) is 7.11 Å². The molecule has 0 atom stereocenters. The Hall–Kier alpha value is -3.01. The minimum Gasteiger partial charge on any atom is -0.467 e. The molecule has 1 amide bonds. The average molecular weight is 413 g/mol. The second-order valence-electron chi connectivity index (χ2n) is 7.24. The summed E-state index contributed by atoms with van der Waals surface area (Å²) in [5.74, 6) is 2.10. The van der Waals surface area contributed by atoms with Crippen LogP contribution in [0.15, 0.2) is 18.3 Å². The summed E-state index contributed by atoms with van der Waals surface area (Å²) in [5, 5.41) is 3.21. The van der Waals surface area contributed by atoms with Crippen molar-refractivity contribution in [2.45, 2.75) is 19.3 Å². The number of morpholine rings is 1. The number of anilines is 2. The Balaban J connectivity index is 1.39. The number of likely N-dealkylation sites (tertiary alicyclic amines) is 1. The van der Waals surface area contributed by atoms with Crippen molar-refractivity contribution in [1.29, 1.82) is 0 Å². The van der Waals surface area contributed by atoms with Gasteiger partial charge in [-0.3, -0.25) is 4.79 Å². The van der Waals surface area contributed by atoms with Gasteiger partial charge in [0, 0.05) is 50.9 Å². The lowest BCUT2D eigenvalue weighted by Crippen LogP contribution is -2.36. The molecule has 2 aliphatic rings. The first-order valence-corrected chi connectivity index (χ1v) is 10.3. The average Bonchev–Trinajstić information content (AvgIpc) is 3.22. The van der Waals surface area contributed by atoms with Gasteiger partial charge in [0.15, 0.2) is 5.82 Å². The molecular formula is C20H27N7O3. The van der Waals surface area contributed by atoms with Crippen LogP contribution < -0.4 is 15.0 Å². The summed E-state index contributed by atoms with van der Waals surface area (Å²) < 4.78 is 10.6. The fourth-order valence-corrected chi connectivity index (χ4v) is 3.56. The lowest BCUT2D eigenvalue weighted by Gasteiger charge is -2.27. The predicted molar refractivity (Wildman–Crippen MR) is 112 cm³/mol. The molecule has 0 saturated carbocycles. The molecule has 1 N–H and O–H groups in total. The van der Waals surface area contributed by atoms with Gasteiger partial charge in [-0.1, -0.05) is 0 Å². The van der Waals surface area contributed by atoms with E-state index in [-0.39, 0.29) is 11.9 Å². The van der Waals surface area contributed by atoms with E-state index in [1.54, 1.807) is 6.20 Å². The largest absolute Gasteiger partial charge is 0.467 e. The zero-order chi connectivity index (χ0) is 20.8. The second kappa shape index (κ2) is 9.66. The predicted octanol–water partition coefficient (Wildman–Crippen LogP) is 1.20. The van der Waals surface area contributed by atoms with E-state index in [0.29, 0.717) is 24.7 Å². The maximum absolute atomic E-state index is 11.7. The van der Waals surface area contributed by atoms with Crippen molar-refractivity contribution in [3.63, 3.8) is 0 Å². The monoisotopic (exact) mass is 413 g/mol. The van der Waals surface area contributed by atoms with Gasteiger partial charge in [-0.25, -0.2) is 4.98 Å². The van der Waals surface area contributed by atoms with Gasteiger partial charge in [0.05, 0.1) is 20.3 Å². The Morgan fingerprint density at radius 2 is 2.03 bits per heavy atom. The van der Waals surface area contributed by atoms with E-state index in [1.807, 2.05) is 17.0 Å². The van der Waals surface area contributed by atoms with Crippen molar-refractivity contribution < 1.29 is 14.3 Å². The lowest BCUT2D eigenvalue weighted by molar-refractivity contribution is -0.127. The second-order valence-corrected chi connectivity index (χ2v) is 7.24. The molecule has 10 nitrogen and oxygen atoms in total. The lowest BCUT2D eigenvalue weighted by atomic mass is 10.2. The van der Waals surface area contributed by atoms with Crippen LogP contribution in [-0.2, 0) is 9.53 Å². The number of carbonyl (C=O) groups excluding carboxylic acids is 1. The fraction of sp³-hybridized carbons (Fsp3) is 0.550. The summed E-state index contributed by atoms with van der Waals surface area (Å²) in [7, 11) is 1.53. The zero-order valence-corrected chi connectivity index (χ0v) is 17.2. The molecule has 4 heterocycles. The molecule has 0 aliphatic carbocycles. The SMILES string of the molecule is COc1nc(NCCCN2CCCC2=O)nc(-c2ccc(N3CCOCC3)nc2)n1. The number of nitrogens with zero attached hydrogens (tertiary/aromatic N) is 6. The van der Waals surface area contributed by atoms with E-state index in [9.17, 15) is 4.79 Å². The number of nitrogens with one attached hydrogen (secondary N) is 1. The van der Waals surface area contributed by atoms with Crippen molar-refractivity contribution in [3.05, 3.63) is 18.3 Å². The van der Waals surface area contributed by atoms with E-state index < -0.39 is 0 Å². The number of rotatable bonds is 8. The number of ether oxygens (including phenoxy) is 2. The molecule has 2 aliphatic heterocycles.